The Hall–Kier alpha value is -6.39. The molecule has 68 heavy (non-hydrogen) atoms. The zero-order chi connectivity index (χ0) is 50.1. The molecule has 9 atom stereocenters. The molecule has 0 radical (unpaired) electrons. The first-order valence-electron chi connectivity index (χ1n) is 22.2. The van der Waals surface area contributed by atoms with E-state index in [0.717, 1.165) is 11.8 Å². The third-order valence-corrected chi connectivity index (χ3v) is 13.3. The number of aliphatic hydroxyl groups is 2. The van der Waals surface area contributed by atoms with Crippen LogP contribution in [-0.4, -0.2) is 82.7 Å². The molecular weight excluding hydrogens is 896 g/mol. The standard InChI is InChI=1S/C52H57ClN2O13/c1-24-15-19-34(20-16-24)54-40-41-45(60)38-37(44(40)59)39-48(31(8)47(38)67-51(63)33-18-17-25(2)35(53)23-33)68-52(10,49(39)61)65-22-21-36(64-11)28(5)46(66-32(9)56)30(7)43(58)29(6)42(57)26(3)13-12-14-27(4)50(62)55-41/h12-23,26,28-30,36,42-43,46,54,57-58H,1-11H3,(H,55,62). The molecule has 5 bridgehead atoms. The number of hydrogen-bond donors (Lipinski definition) is 4. The van der Waals surface area contributed by atoms with Crippen LogP contribution < -0.4 is 20.1 Å². The van der Waals surface area contributed by atoms with Crippen molar-refractivity contribution in [3.63, 3.8) is 0 Å². The number of carbonyl (C=O) groups excluding carboxylic acids is 6. The van der Waals surface area contributed by atoms with Gasteiger partial charge in [-0.1, -0.05) is 81.3 Å². The van der Waals surface area contributed by atoms with Crippen LogP contribution in [0.15, 0.2) is 90.0 Å². The van der Waals surface area contributed by atoms with Gasteiger partial charge in [-0.15, -0.1) is 0 Å². The van der Waals surface area contributed by atoms with Crippen LogP contribution in [0, 0.1) is 44.4 Å². The number of carbonyl (C=O) groups is 6. The zero-order valence-electron chi connectivity index (χ0n) is 39.8. The molecular formula is C52H57ClN2O13. The summed E-state index contributed by atoms with van der Waals surface area (Å²) in [5.41, 5.74) is -0.208. The van der Waals surface area contributed by atoms with E-state index < -0.39 is 117 Å². The van der Waals surface area contributed by atoms with Gasteiger partial charge in [-0.25, -0.2) is 4.79 Å². The van der Waals surface area contributed by atoms with Gasteiger partial charge in [-0.05, 0) is 63.6 Å². The minimum absolute atomic E-state index is 0.00665. The topological polar surface area (TPSA) is 213 Å². The van der Waals surface area contributed by atoms with E-state index in [1.165, 1.54) is 65.2 Å². The molecule has 9 unspecified atom stereocenters. The smallest absolute Gasteiger partial charge is 0.343 e. The first-order valence-corrected chi connectivity index (χ1v) is 22.6. The number of Topliss-reactive ketones (excluding diaryl/α,β-unsaturated/α-hetero) is 3. The summed E-state index contributed by atoms with van der Waals surface area (Å²) in [6, 6.07) is 11.3. The van der Waals surface area contributed by atoms with E-state index in [0.29, 0.717) is 11.3 Å². The predicted octanol–water partition coefficient (Wildman–Crippen LogP) is 7.85. The van der Waals surface area contributed by atoms with Gasteiger partial charge in [0.05, 0.1) is 46.8 Å². The van der Waals surface area contributed by atoms with E-state index in [-0.39, 0.29) is 33.0 Å². The number of methoxy groups -OCH3 is 1. The van der Waals surface area contributed by atoms with Gasteiger partial charge in [0, 0.05) is 66.5 Å². The van der Waals surface area contributed by atoms with Crippen molar-refractivity contribution < 1.29 is 62.7 Å². The normalized spacial score (nSPS) is 26.7. The predicted molar refractivity (Wildman–Crippen MR) is 252 cm³/mol. The van der Waals surface area contributed by atoms with Crippen molar-refractivity contribution in [3.05, 3.63) is 134 Å². The average molecular weight is 953 g/mol. The highest BCUT2D eigenvalue weighted by Gasteiger charge is 2.53. The lowest BCUT2D eigenvalue weighted by molar-refractivity contribution is -0.160. The number of aryl methyl sites for hydroxylation is 2. The van der Waals surface area contributed by atoms with Gasteiger partial charge < -0.3 is 44.5 Å². The van der Waals surface area contributed by atoms with Crippen molar-refractivity contribution in [1.82, 2.24) is 5.32 Å². The molecule has 3 aromatic carbocycles. The maximum atomic E-state index is 15.2. The lowest BCUT2D eigenvalue weighted by atomic mass is 9.78. The molecule has 0 fully saturated rings. The van der Waals surface area contributed by atoms with Gasteiger partial charge >= 0.3 is 17.7 Å². The number of benzene rings is 3. The second-order valence-electron chi connectivity index (χ2n) is 17.9. The van der Waals surface area contributed by atoms with Crippen molar-refractivity contribution in [1.29, 1.82) is 0 Å². The molecule has 3 aliphatic heterocycles. The molecule has 4 N–H and O–H groups in total. The highest BCUT2D eigenvalue weighted by molar-refractivity contribution is 6.34. The number of ether oxygens (including phenoxy) is 5. The second kappa shape index (κ2) is 20.5. The third kappa shape index (κ3) is 10.1. The average Bonchev–Trinajstić information content (AvgIpc) is 3.56. The Bertz CT molecular complexity index is 2680. The number of nitrogens with one attached hydrogen (secondary N) is 2. The number of allylic oxidation sites excluding steroid dienone is 4. The summed E-state index contributed by atoms with van der Waals surface area (Å²) in [6.45, 7) is 15.9. The Balaban J connectivity index is 1.57. The zero-order valence-corrected chi connectivity index (χ0v) is 40.6. The highest BCUT2D eigenvalue weighted by Crippen LogP contribution is 2.49. The first kappa shape index (κ1) is 51.0. The van der Waals surface area contributed by atoms with E-state index in [4.69, 9.17) is 35.3 Å². The SMILES string of the molecule is COC1C=COC2(C)Oc3c(C)c(OC(=O)c4ccc(C)c(Cl)c4)c4c(c3C2=O)C(=O)C(Nc2ccc(C)cc2)=C(NC(=O)C(C)=CC=CC(C)C(O)C(C)C(O)C(C)C(OC(C)=O)C1C)C4=O. The van der Waals surface area contributed by atoms with Crippen LogP contribution in [0.5, 0.6) is 11.5 Å². The summed E-state index contributed by atoms with van der Waals surface area (Å²) in [5, 5.41) is 28.9. The van der Waals surface area contributed by atoms with Gasteiger partial charge in [0.15, 0.2) is 0 Å². The summed E-state index contributed by atoms with van der Waals surface area (Å²) in [6.07, 6.45) is 3.15. The minimum Gasteiger partial charge on any atom is -0.462 e. The number of fused-ring (bicyclic) bond motifs is 14. The molecule has 1 aliphatic carbocycles. The first-order chi connectivity index (χ1) is 32.0. The number of halogens is 1. The summed E-state index contributed by atoms with van der Waals surface area (Å²) in [7, 11) is 1.41. The van der Waals surface area contributed by atoms with Crippen LogP contribution in [0.2, 0.25) is 5.02 Å². The molecule has 15 nitrogen and oxygen atoms in total. The number of aliphatic hydroxyl groups excluding tert-OH is 2. The maximum absolute atomic E-state index is 15.2. The highest BCUT2D eigenvalue weighted by atomic mass is 35.5. The third-order valence-electron chi connectivity index (χ3n) is 12.9. The Morgan fingerprint density at radius 3 is 2.16 bits per heavy atom. The van der Waals surface area contributed by atoms with Crippen molar-refractivity contribution in [2.75, 3.05) is 12.4 Å². The molecule has 16 heteroatoms. The number of ketones is 3. The summed E-state index contributed by atoms with van der Waals surface area (Å²) in [5.74, 6) is -10.7. The van der Waals surface area contributed by atoms with E-state index in [1.54, 1.807) is 71.0 Å². The van der Waals surface area contributed by atoms with Crippen molar-refractivity contribution >= 4 is 52.5 Å². The lowest BCUT2D eigenvalue weighted by Gasteiger charge is -2.38. The fourth-order valence-corrected chi connectivity index (χ4v) is 8.76. The van der Waals surface area contributed by atoms with Crippen LogP contribution in [0.3, 0.4) is 0 Å². The quantitative estimate of drug-likeness (QED) is 0.137. The number of hydrogen-bond acceptors (Lipinski definition) is 14. The van der Waals surface area contributed by atoms with Crippen molar-refractivity contribution in [3.8, 4) is 11.5 Å². The minimum atomic E-state index is -2.19. The van der Waals surface area contributed by atoms with Crippen molar-refractivity contribution in [2.24, 2.45) is 23.7 Å². The molecule has 0 aromatic heterocycles. The Kier molecular flexibility index (Phi) is 15.3. The van der Waals surface area contributed by atoms with Crippen LogP contribution in [0.4, 0.5) is 5.69 Å². The van der Waals surface area contributed by atoms with Gasteiger partial charge in [-0.2, -0.15) is 0 Å². The van der Waals surface area contributed by atoms with E-state index in [9.17, 15) is 29.4 Å². The number of amides is 1. The second-order valence-corrected chi connectivity index (χ2v) is 18.3. The molecule has 360 valence electrons. The largest absolute Gasteiger partial charge is 0.462 e. The Morgan fingerprint density at radius 1 is 0.853 bits per heavy atom. The molecule has 0 saturated carbocycles. The fraction of sp³-hybridized carbons (Fsp3) is 0.385. The number of rotatable bonds is 6. The molecule has 4 aliphatic rings. The Labute approximate surface area is 400 Å². The van der Waals surface area contributed by atoms with Crippen LogP contribution in [-0.2, 0) is 23.8 Å². The van der Waals surface area contributed by atoms with E-state index in [2.05, 4.69) is 10.6 Å². The van der Waals surface area contributed by atoms with E-state index >= 15 is 9.59 Å². The molecule has 3 heterocycles. The molecule has 1 amide bonds. The van der Waals surface area contributed by atoms with Gasteiger partial charge in [0.2, 0.25) is 11.6 Å². The van der Waals surface area contributed by atoms with Crippen LogP contribution in [0.1, 0.15) is 107 Å². The van der Waals surface area contributed by atoms with Crippen molar-refractivity contribution in [2.45, 2.75) is 99.4 Å². The summed E-state index contributed by atoms with van der Waals surface area (Å²) in [4.78, 5) is 85.7. The monoisotopic (exact) mass is 952 g/mol. The summed E-state index contributed by atoms with van der Waals surface area (Å²) < 4.78 is 29.9. The lowest BCUT2D eigenvalue weighted by Crippen LogP contribution is -2.46. The van der Waals surface area contributed by atoms with E-state index in [1.807, 2.05) is 6.92 Å². The fourth-order valence-electron chi connectivity index (χ4n) is 8.58. The molecule has 0 saturated heterocycles. The number of esters is 2. The summed E-state index contributed by atoms with van der Waals surface area (Å²) >= 11 is 6.38. The molecule has 7 rings (SSSR count). The maximum Gasteiger partial charge on any atom is 0.343 e. The molecule has 0 spiro atoms. The van der Waals surface area contributed by atoms with Gasteiger partial charge in [0.1, 0.15) is 29.0 Å². The van der Waals surface area contributed by atoms with Crippen LogP contribution >= 0.6 is 11.6 Å². The van der Waals surface area contributed by atoms with Gasteiger partial charge in [0.25, 0.3) is 11.7 Å². The Morgan fingerprint density at radius 2 is 1.53 bits per heavy atom. The molecule has 3 aromatic rings. The number of anilines is 1. The van der Waals surface area contributed by atoms with Gasteiger partial charge in [-0.3, -0.25) is 24.0 Å². The van der Waals surface area contributed by atoms with Crippen LogP contribution in [0.25, 0.3) is 0 Å².